The van der Waals surface area contributed by atoms with Gasteiger partial charge in [0.15, 0.2) is 0 Å². The summed E-state index contributed by atoms with van der Waals surface area (Å²) < 4.78 is 7.57. The van der Waals surface area contributed by atoms with Crippen LogP contribution in [0.2, 0.25) is 5.02 Å². The number of anilines is 2. The Bertz CT molecular complexity index is 1220. The topological polar surface area (TPSA) is 125 Å². The molecular formula is C28H40ClN5O4. The van der Waals surface area contributed by atoms with Crippen molar-refractivity contribution in [3.8, 4) is 11.1 Å². The Morgan fingerprint density at radius 1 is 1.13 bits per heavy atom. The second-order valence-electron chi connectivity index (χ2n) is 8.92. The highest BCUT2D eigenvalue weighted by Gasteiger charge is 2.23. The van der Waals surface area contributed by atoms with E-state index >= 15 is 0 Å². The van der Waals surface area contributed by atoms with Gasteiger partial charge in [-0.2, -0.15) is 0 Å². The third-order valence-corrected chi connectivity index (χ3v) is 5.21. The molecule has 0 radical (unpaired) electrons. The second-order valence-corrected chi connectivity index (χ2v) is 9.36. The Balaban J connectivity index is 0.00000172. The number of aromatic nitrogens is 2. The van der Waals surface area contributed by atoms with Gasteiger partial charge in [0.2, 0.25) is 5.82 Å². The Labute approximate surface area is 230 Å². The highest BCUT2D eigenvalue weighted by Crippen LogP contribution is 2.31. The molecule has 0 aliphatic carbocycles. The van der Waals surface area contributed by atoms with Crippen molar-refractivity contribution in [2.24, 2.45) is 0 Å². The van der Waals surface area contributed by atoms with Crippen LogP contribution in [0.4, 0.5) is 17.3 Å². The third-order valence-electron chi connectivity index (χ3n) is 4.98. The fraction of sp³-hybridized carbons (Fsp3) is 0.429. The number of halogens is 1. The van der Waals surface area contributed by atoms with Crippen LogP contribution >= 0.6 is 11.6 Å². The molecule has 0 aliphatic heterocycles. The Morgan fingerprint density at radius 2 is 1.79 bits per heavy atom. The number of nitrogens with two attached hydrogens (primary N) is 1. The van der Waals surface area contributed by atoms with Crippen LogP contribution in [0.1, 0.15) is 70.8 Å². The summed E-state index contributed by atoms with van der Waals surface area (Å²) in [6.07, 6.45) is 4.43. The zero-order chi connectivity index (χ0) is 29.0. The minimum atomic E-state index is -0.616. The number of nitrogens with one attached hydrogen (secondary N) is 1. The molecule has 0 spiro atoms. The zero-order valence-corrected chi connectivity index (χ0v) is 24.3. The number of hydrogen-bond acceptors (Lipinski definition) is 7. The predicted octanol–water partition coefficient (Wildman–Crippen LogP) is 7.51. The molecule has 208 valence electrons. The van der Waals surface area contributed by atoms with Crippen LogP contribution < -0.4 is 11.1 Å². The number of hydrogen-bond donors (Lipinski definition) is 2. The molecule has 0 saturated heterocycles. The highest BCUT2D eigenvalue weighted by molar-refractivity contribution is 6.30. The number of nitro groups is 1. The minimum absolute atomic E-state index is 0.134. The second kappa shape index (κ2) is 15.0. The van der Waals surface area contributed by atoms with Crippen LogP contribution in [-0.4, -0.2) is 32.6 Å². The van der Waals surface area contributed by atoms with Gasteiger partial charge in [0.05, 0.1) is 10.5 Å². The van der Waals surface area contributed by atoms with E-state index in [0.29, 0.717) is 35.9 Å². The molecule has 0 unspecified atom stereocenters. The Hall–Kier alpha value is -3.59. The van der Waals surface area contributed by atoms with Crippen LogP contribution in [0.5, 0.6) is 0 Å². The maximum Gasteiger partial charge on any atom is 0.340 e. The number of pyridine rings is 1. The minimum Gasteiger partial charge on any atom is -0.456 e. The van der Waals surface area contributed by atoms with Gasteiger partial charge in [-0.3, -0.25) is 10.1 Å². The van der Waals surface area contributed by atoms with Gasteiger partial charge in [0.25, 0.3) is 0 Å². The van der Waals surface area contributed by atoms with Crippen molar-refractivity contribution >= 4 is 34.9 Å². The molecule has 3 rings (SSSR count). The van der Waals surface area contributed by atoms with Crippen LogP contribution in [0.3, 0.4) is 0 Å². The van der Waals surface area contributed by atoms with Crippen molar-refractivity contribution < 1.29 is 14.5 Å². The highest BCUT2D eigenvalue weighted by atomic mass is 35.5. The summed E-state index contributed by atoms with van der Waals surface area (Å²) in [7, 11) is 0. The summed E-state index contributed by atoms with van der Waals surface area (Å²) in [5, 5.41) is 14.6. The Morgan fingerprint density at radius 3 is 2.34 bits per heavy atom. The number of esters is 1. The molecule has 38 heavy (non-hydrogen) atoms. The molecule has 2 aromatic heterocycles. The lowest BCUT2D eigenvalue weighted by atomic mass is 10.00. The van der Waals surface area contributed by atoms with E-state index in [1.54, 1.807) is 12.3 Å². The summed E-state index contributed by atoms with van der Waals surface area (Å²) in [6.45, 7) is 16.6. The number of carbonyl (C=O) groups excluding carboxylic acids is 1. The molecule has 2 heterocycles. The summed E-state index contributed by atoms with van der Waals surface area (Å²) in [5.41, 5.74) is 7.93. The fourth-order valence-corrected chi connectivity index (χ4v) is 3.70. The summed E-state index contributed by atoms with van der Waals surface area (Å²) in [6, 6.07) is 8.40. The lowest BCUT2D eigenvalue weighted by molar-refractivity contribution is -0.384. The maximum absolute atomic E-state index is 12.9. The van der Waals surface area contributed by atoms with Gasteiger partial charge < -0.3 is 20.4 Å². The van der Waals surface area contributed by atoms with E-state index in [2.05, 4.69) is 10.3 Å². The van der Waals surface area contributed by atoms with Crippen molar-refractivity contribution in [1.82, 2.24) is 9.55 Å². The van der Waals surface area contributed by atoms with Crippen molar-refractivity contribution in [3.63, 3.8) is 0 Å². The first-order chi connectivity index (χ1) is 17.9. The van der Waals surface area contributed by atoms with Gasteiger partial charge in [-0.1, -0.05) is 45.4 Å². The lowest BCUT2D eigenvalue weighted by Gasteiger charge is -2.19. The van der Waals surface area contributed by atoms with E-state index in [-0.39, 0.29) is 17.5 Å². The predicted molar refractivity (Wildman–Crippen MR) is 156 cm³/mol. The maximum atomic E-state index is 12.9. The molecule has 0 bridgehead atoms. The van der Waals surface area contributed by atoms with Crippen molar-refractivity contribution in [1.29, 1.82) is 0 Å². The van der Waals surface area contributed by atoms with Crippen LogP contribution in [0, 0.1) is 17.0 Å². The molecule has 3 N–H and O–H groups in total. The van der Waals surface area contributed by atoms with Gasteiger partial charge in [0, 0.05) is 42.1 Å². The molecule has 0 amide bonds. The van der Waals surface area contributed by atoms with Crippen LogP contribution in [0.25, 0.3) is 11.1 Å². The van der Waals surface area contributed by atoms with Crippen molar-refractivity contribution in [2.75, 3.05) is 17.6 Å². The number of aryl methyl sites for hydroxylation is 2. The number of ether oxygens (including phenoxy) is 1. The fourth-order valence-electron chi connectivity index (χ4n) is 3.48. The molecule has 0 atom stereocenters. The standard InChI is InChI=1S/C24H28ClN5O4.2C2H6/c1-15-12-16(25)6-7-17(15)18-13-29(14-19(18)23(31)34-24(2,3)4)11-5-10-27-21-9-8-20(30(32)33)22(26)28-21;2*1-2/h6-9,12-14H,5,10-11H2,1-4H3,(H3,26,27,28);2*1-2H3. The van der Waals surface area contributed by atoms with Gasteiger partial charge in [-0.15, -0.1) is 0 Å². The number of nitrogens with zero attached hydrogens (tertiary/aromatic N) is 3. The van der Waals surface area contributed by atoms with E-state index < -0.39 is 10.5 Å². The van der Waals surface area contributed by atoms with Gasteiger partial charge >= 0.3 is 11.7 Å². The quantitative estimate of drug-likeness (QED) is 0.130. The molecule has 0 aliphatic rings. The number of carbonyl (C=O) groups is 1. The lowest BCUT2D eigenvalue weighted by Crippen LogP contribution is -2.24. The van der Waals surface area contributed by atoms with Gasteiger partial charge in [-0.05, 0) is 63.4 Å². The molecule has 0 saturated carbocycles. The zero-order valence-electron chi connectivity index (χ0n) is 23.6. The number of benzene rings is 1. The average Bonchev–Trinajstić information content (AvgIpc) is 3.27. The molecule has 1 aromatic carbocycles. The van der Waals surface area contributed by atoms with Gasteiger partial charge in [-0.25, -0.2) is 9.78 Å². The molecule has 3 aromatic rings. The van der Waals surface area contributed by atoms with Crippen LogP contribution in [0.15, 0.2) is 42.7 Å². The largest absolute Gasteiger partial charge is 0.456 e. The monoisotopic (exact) mass is 545 g/mol. The van der Waals surface area contributed by atoms with E-state index in [9.17, 15) is 14.9 Å². The summed E-state index contributed by atoms with van der Waals surface area (Å²) in [5.74, 6) is -0.0628. The third kappa shape index (κ3) is 9.37. The summed E-state index contributed by atoms with van der Waals surface area (Å²) >= 11 is 6.12. The van der Waals surface area contributed by atoms with Crippen molar-refractivity contribution in [3.05, 3.63) is 69.0 Å². The van der Waals surface area contributed by atoms with Crippen molar-refractivity contribution in [2.45, 2.75) is 74.0 Å². The molecule has 9 nitrogen and oxygen atoms in total. The first-order valence-corrected chi connectivity index (χ1v) is 13.2. The SMILES string of the molecule is CC.CC.Cc1cc(Cl)ccc1-c1cn(CCCNc2ccc([N+](=O)[O-])c(N)n2)cc1C(=O)OC(C)(C)C. The first-order valence-electron chi connectivity index (χ1n) is 12.8. The smallest absolute Gasteiger partial charge is 0.340 e. The molecule has 0 fully saturated rings. The molecular weight excluding hydrogens is 506 g/mol. The number of nitrogen functional groups attached to an aromatic ring is 1. The average molecular weight is 546 g/mol. The number of rotatable bonds is 8. The normalized spacial score (nSPS) is 10.4. The van der Waals surface area contributed by atoms with Crippen LogP contribution in [-0.2, 0) is 11.3 Å². The molecule has 10 heteroatoms. The Kier molecular flexibility index (Phi) is 12.8. The van der Waals surface area contributed by atoms with E-state index in [1.165, 1.54) is 12.1 Å². The van der Waals surface area contributed by atoms with Gasteiger partial charge in [0.1, 0.15) is 11.4 Å². The first kappa shape index (κ1) is 32.4. The van der Waals surface area contributed by atoms with E-state index in [0.717, 1.165) is 16.7 Å². The van der Waals surface area contributed by atoms with E-state index in [4.69, 9.17) is 22.1 Å². The summed E-state index contributed by atoms with van der Waals surface area (Å²) in [4.78, 5) is 27.2. The van der Waals surface area contributed by atoms with E-state index in [1.807, 2.05) is 78.3 Å².